The van der Waals surface area contributed by atoms with Crippen LogP contribution in [0.3, 0.4) is 0 Å². The Hall–Kier alpha value is -1.12. The molecule has 0 aromatic heterocycles. The van der Waals surface area contributed by atoms with Gasteiger partial charge in [0.15, 0.2) is 0 Å². The Morgan fingerprint density at radius 3 is 2.41 bits per heavy atom. The fraction of sp³-hybridized carbons (Fsp3) is 0.571. The van der Waals surface area contributed by atoms with E-state index in [-0.39, 0.29) is 10.9 Å². The molecule has 0 saturated heterocycles. The van der Waals surface area contributed by atoms with Crippen molar-refractivity contribution in [1.29, 1.82) is 0 Å². The summed E-state index contributed by atoms with van der Waals surface area (Å²) in [7, 11) is -6.81. The van der Waals surface area contributed by atoms with Crippen LogP contribution in [0.15, 0.2) is 23.1 Å². The van der Waals surface area contributed by atoms with E-state index < -0.39 is 25.1 Å². The Balaban J connectivity index is 2.14. The summed E-state index contributed by atoms with van der Waals surface area (Å²) >= 11 is 0. The average Bonchev–Trinajstić information content (AvgIpc) is 2.86. The first-order valence-electron chi connectivity index (χ1n) is 7.23. The second kappa shape index (κ2) is 6.17. The summed E-state index contributed by atoms with van der Waals surface area (Å²) < 4.78 is 50.4. The number of hydrogen-bond acceptors (Lipinski definition) is 5. The van der Waals surface area contributed by atoms with Crippen LogP contribution in [0.1, 0.15) is 31.7 Å². The third-order valence-corrected chi connectivity index (χ3v) is 7.28. The number of nitrogen functional groups attached to an aromatic ring is 1. The number of hydrogen-bond donors (Lipinski definition) is 2. The van der Waals surface area contributed by atoms with Gasteiger partial charge in [0.1, 0.15) is 9.84 Å². The van der Waals surface area contributed by atoms with Crippen molar-refractivity contribution >= 4 is 25.5 Å². The standard InChI is InChI=1S/C14H22N2O4S2/c1-3-10-4-6-13(9-14(10)15)22(19,20)16-11-5-7-12(8-11)21(2,17)18/h4,6,9,11-12,16H,3,5,7-8,15H2,1-2H3. The molecule has 0 radical (unpaired) electrons. The molecule has 1 aromatic rings. The van der Waals surface area contributed by atoms with Crippen molar-refractivity contribution in [2.24, 2.45) is 0 Å². The van der Waals surface area contributed by atoms with Crippen LogP contribution in [-0.4, -0.2) is 34.4 Å². The molecule has 6 nitrogen and oxygen atoms in total. The largest absolute Gasteiger partial charge is 0.398 e. The molecular weight excluding hydrogens is 324 g/mol. The van der Waals surface area contributed by atoms with Crippen molar-refractivity contribution in [3.8, 4) is 0 Å². The van der Waals surface area contributed by atoms with Gasteiger partial charge in [-0.1, -0.05) is 13.0 Å². The number of rotatable bonds is 5. The molecule has 1 saturated carbocycles. The normalized spacial score (nSPS) is 22.8. The second-order valence-electron chi connectivity index (χ2n) is 5.80. The van der Waals surface area contributed by atoms with E-state index in [0.29, 0.717) is 24.9 Å². The van der Waals surface area contributed by atoms with Gasteiger partial charge in [0.05, 0.1) is 10.1 Å². The molecule has 1 fully saturated rings. The van der Waals surface area contributed by atoms with Crippen molar-refractivity contribution < 1.29 is 16.8 Å². The van der Waals surface area contributed by atoms with Crippen LogP contribution < -0.4 is 10.5 Å². The second-order valence-corrected chi connectivity index (χ2v) is 9.84. The van der Waals surface area contributed by atoms with E-state index in [1.807, 2.05) is 6.92 Å². The molecule has 1 aliphatic carbocycles. The van der Waals surface area contributed by atoms with Gasteiger partial charge in [-0.3, -0.25) is 0 Å². The highest BCUT2D eigenvalue weighted by Crippen LogP contribution is 2.27. The summed E-state index contributed by atoms with van der Waals surface area (Å²) in [4.78, 5) is 0.116. The van der Waals surface area contributed by atoms with Gasteiger partial charge >= 0.3 is 0 Å². The van der Waals surface area contributed by atoms with E-state index in [1.165, 1.54) is 18.4 Å². The summed E-state index contributed by atoms with van der Waals surface area (Å²) in [6, 6.07) is 4.33. The van der Waals surface area contributed by atoms with Crippen molar-refractivity contribution in [2.45, 2.75) is 48.8 Å². The maximum atomic E-state index is 12.4. The Labute approximate surface area is 132 Å². The molecule has 0 spiro atoms. The number of benzene rings is 1. The molecule has 2 unspecified atom stereocenters. The Morgan fingerprint density at radius 2 is 1.91 bits per heavy atom. The summed E-state index contributed by atoms with van der Waals surface area (Å²) in [6.07, 6.45) is 3.26. The van der Waals surface area contributed by atoms with E-state index in [9.17, 15) is 16.8 Å². The van der Waals surface area contributed by atoms with Crippen molar-refractivity contribution in [3.63, 3.8) is 0 Å². The minimum Gasteiger partial charge on any atom is -0.398 e. The van der Waals surface area contributed by atoms with Crippen LogP contribution in [0.25, 0.3) is 0 Å². The summed E-state index contributed by atoms with van der Waals surface area (Å²) in [5, 5.41) is -0.465. The molecule has 0 amide bonds. The predicted molar refractivity (Wildman–Crippen MR) is 86.8 cm³/mol. The predicted octanol–water partition coefficient (Wildman–Crippen LogP) is 1.08. The molecule has 3 N–H and O–H groups in total. The molecule has 1 aliphatic rings. The van der Waals surface area contributed by atoms with E-state index >= 15 is 0 Å². The highest BCUT2D eigenvalue weighted by atomic mass is 32.2. The zero-order valence-electron chi connectivity index (χ0n) is 12.7. The first-order valence-corrected chi connectivity index (χ1v) is 10.7. The lowest BCUT2D eigenvalue weighted by Crippen LogP contribution is -2.34. The van der Waals surface area contributed by atoms with Gasteiger partial charge in [-0.15, -0.1) is 0 Å². The summed E-state index contributed by atoms with van der Waals surface area (Å²) in [5.74, 6) is 0. The number of nitrogens with two attached hydrogens (primary N) is 1. The van der Waals surface area contributed by atoms with Gasteiger partial charge in [0.2, 0.25) is 10.0 Å². The minimum absolute atomic E-state index is 0.116. The number of sulfone groups is 1. The Kier molecular flexibility index (Phi) is 4.84. The molecule has 124 valence electrons. The van der Waals surface area contributed by atoms with Crippen LogP contribution in [0.2, 0.25) is 0 Å². The van der Waals surface area contributed by atoms with Gasteiger partial charge in [0, 0.05) is 18.0 Å². The first kappa shape index (κ1) is 17.2. The number of nitrogens with one attached hydrogen (secondary N) is 1. The fourth-order valence-electron chi connectivity index (χ4n) is 2.79. The van der Waals surface area contributed by atoms with E-state index in [4.69, 9.17) is 5.73 Å². The van der Waals surface area contributed by atoms with Gasteiger partial charge in [-0.2, -0.15) is 0 Å². The molecule has 0 aliphatic heterocycles. The van der Waals surface area contributed by atoms with Crippen LogP contribution >= 0.6 is 0 Å². The maximum absolute atomic E-state index is 12.4. The fourth-order valence-corrected chi connectivity index (χ4v) is 5.25. The molecule has 8 heteroatoms. The van der Waals surface area contributed by atoms with Crippen LogP contribution in [0.4, 0.5) is 5.69 Å². The van der Waals surface area contributed by atoms with Gasteiger partial charge < -0.3 is 5.73 Å². The third-order valence-electron chi connectivity index (χ3n) is 4.12. The molecule has 0 bridgehead atoms. The van der Waals surface area contributed by atoms with Gasteiger partial charge in [-0.05, 0) is 43.4 Å². The quantitative estimate of drug-likeness (QED) is 0.776. The van der Waals surface area contributed by atoms with Gasteiger partial charge in [-0.25, -0.2) is 21.6 Å². The van der Waals surface area contributed by atoms with E-state index in [2.05, 4.69) is 4.72 Å². The van der Waals surface area contributed by atoms with Crippen LogP contribution in [0.5, 0.6) is 0 Å². The smallest absolute Gasteiger partial charge is 0.240 e. The van der Waals surface area contributed by atoms with Crippen LogP contribution in [-0.2, 0) is 26.3 Å². The van der Waals surface area contributed by atoms with Crippen molar-refractivity contribution in [3.05, 3.63) is 23.8 Å². The summed E-state index contributed by atoms with van der Waals surface area (Å²) in [5.41, 5.74) is 7.19. The summed E-state index contributed by atoms with van der Waals surface area (Å²) in [6.45, 7) is 1.95. The highest BCUT2D eigenvalue weighted by molar-refractivity contribution is 7.91. The lowest BCUT2D eigenvalue weighted by molar-refractivity contribution is 0.549. The first-order chi connectivity index (χ1) is 10.1. The Morgan fingerprint density at radius 1 is 1.23 bits per heavy atom. The molecule has 0 heterocycles. The SMILES string of the molecule is CCc1ccc(S(=O)(=O)NC2CCC(S(C)(=O)=O)C2)cc1N. The topological polar surface area (TPSA) is 106 Å². The van der Waals surface area contributed by atoms with Gasteiger partial charge in [0.25, 0.3) is 0 Å². The number of anilines is 1. The lowest BCUT2D eigenvalue weighted by Gasteiger charge is -2.14. The van der Waals surface area contributed by atoms with E-state index in [1.54, 1.807) is 6.07 Å². The van der Waals surface area contributed by atoms with Crippen molar-refractivity contribution in [2.75, 3.05) is 12.0 Å². The van der Waals surface area contributed by atoms with Crippen molar-refractivity contribution in [1.82, 2.24) is 4.72 Å². The minimum atomic E-state index is -3.68. The zero-order chi connectivity index (χ0) is 16.5. The molecule has 2 atom stereocenters. The average molecular weight is 346 g/mol. The molecule has 2 rings (SSSR count). The zero-order valence-corrected chi connectivity index (χ0v) is 14.4. The maximum Gasteiger partial charge on any atom is 0.240 e. The van der Waals surface area contributed by atoms with Crippen LogP contribution in [0, 0.1) is 0 Å². The highest BCUT2D eigenvalue weighted by Gasteiger charge is 2.33. The molecular formula is C14H22N2O4S2. The lowest BCUT2D eigenvalue weighted by atomic mass is 10.1. The Bertz CT molecular complexity index is 757. The van der Waals surface area contributed by atoms with E-state index in [0.717, 1.165) is 12.0 Å². The monoisotopic (exact) mass is 346 g/mol. The molecule has 22 heavy (non-hydrogen) atoms. The number of sulfonamides is 1. The number of aryl methyl sites for hydroxylation is 1. The third kappa shape index (κ3) is 3.80. The molecule has 1 aromatic carbocycles.